The molecule has 1 fully saturated rings. The lowest BCUT2D eigenvalue weighted by Gasteiger charge is -2.17. The molecular formula is C18H17N4O2. The maximum atomic E-state index is 12.9. The summed E-state index contributed by atoms with van der Waals surface area (Å²) in [5.74, 6) is 5.73. The Morgan fingerprint density at radius 2 is 2.25 bits per heavy atom. The van der Waals surface area contributed by atoms with Gasteiger partial charge in [-0.05, 0) is 31.9 Å². The Kier molecular flexibility index (Phi) is 3.22. The van der Waals surface area contributed by atoms with Gasteiger partial charge in [0.2, 0.25) is 5.60 Å². The summed E-state index contributed by atoms with van der Waals surface area (Å²) in [4.78, 5) is 14.5. The Bertz CT molecular complexity index is 888. The number of carbonyl (C=O) groups excluding carboxylic acids is 1. The van der Waals surface area contributed by atoms with Crippen molar-refractivity contribution < 1.29 is 9.90 Å². The van der Waals surface area contributed by atoms with Gasteiger partial charge in [0.25, 0.3) is 5.91 Å². The second-order valence-corrected chi connectivity index (χ2v) is 6.42. The van der Waals surface area contributed by atoms with Crippen LogP contribution in [0.15, 0.2) is 24.4 Å². The molecule has 6 nitrogen and oxygen atoms in total. The Labute approximate surface area is 140 Å². The molecule has 0 bridgehead atoms. The molecule has 1 aliphatic heterocycles. The first-order valence-corrected chi connectivity index (χ1v) is 7.87. The van der Waals surface area contributed by atoms with Crippen molar-refractivity contribution in [2.45, 2.75) is 31.9 Å². The number of fused-ring (bicyclic) bond motifs is 1. The van der Waals surface area contributed by atoms with Gasteiger partial charge in [-0.25, -0.2) is 0 Å². The molecule has 1 atom stereocenters. The second-order valence-electron chi connectivity index (χ2n) is 6.42. The van der Waals surface area contributed by atoms with Gasteiger partial charge in [-0.15, -0.1) is 5.10 Å². The molecule has 1 aliphatic carbocycles. The van der Waals surface area contributed by atoms with E-state index in [4.69, 9.17) is 0 Å². The van der Waals surface area contributed by atoms with Crippen LogP contribution in [0.25, 0.3) is 0 Å². The fraction of sp³-hybridized carbons (Fsp3) is 0.333. The molecule has 24 heavy (non-hydrogen) atoms. The third-order valence-electron chi connectivity index (χ3n) is 4.33. The quantitative estimate of drug-likeness (QED) is 0.848. The topological polar surface area (TPSA) is 71.2 Å². The van der Waals surface area contributed by atoms with Gasteiger partial charge in [0, 0.05) is 11.5 Å². The van der Waals surface area contributed by atoms with Crippen LogP contribution in [0, 0.1) is 31.7 Å². The van der Waals surface area contributed by atoms with Crippen molar-refractivity contribution in [3.8, 4) is 11.8 Å². The molecule has 2 aliphatic rings. The van der Waals surface area contributed by atoms with Gasteiger partial charge in [0.05, 0.1) is 25.5 Å². The molecule has 6 heteroatoms. The largest absolute Gasteiger partial charge is 0.366 e. The van der Waals surface area contributed by atoms with Crippen LogP contribution in [-0.2, 0) is 16.9 Å². The van der Waals surface area contributed by atoms with Crippen molar-refractivity contribution in [2.24, 2.45) is 5.92 Å². The zero-order chi connectivity index (χ0) is 16.9. The number of benzene rings is 1. The summed E-state index contributed by atoms with van der Waals surface area (Å²) in [7, 11) is 3.64. The van der Waals surface area contributed by atoms with E-state index in [2.05, 4.69) is 29.2 Å². The third-order valence-corrected chi connectivity index (χ3v) is 4.33. The van der Waals surface area contributed by atoms with E-state index in [1.54, 1.807) is 6.20 Å². The monoisotopic (exact) mass is 321 g/mol. The molecule has 121 valence electrons. The minimum absolute atomic E-state index is 0.220. The van der Waals surface area contributed by atoms with E-state index in [1.165, 1.54) is 9.58 Å². The number of hydrogen-bond donors (Lipinski definition) is 1. The van der Waals surface area contributed by atoms with Crippen LogP contribution < -0.4 is 4.90 Å². The lowest BCUT2D eigenvalue weighted by atomic mass is 9.94. The first-order chi connectivity index (χ1) is 11.5. The smallest absolute Gasteiger partial charge is 0.277 e. The van der Waals surface area contributed by atoms with E-state index in [0.717, 1.165) is 18.4 Å². The predicted octanol–water partition coefficient (Wildman–Crippen LogP) is 1.37. The van der Waals surface area contributed by atoms with Gasteiger partial charge in [-0.2, -0.15) is 0 Å². The molecule has 0 spiro atoms. The number of carbonyl (C=O) groups is 1. The van der Waals surface area contributed by atoms with Crippen LogP contribution >= 0.6 is 0 Å². The van der Waals surface area contributed by atoms with E-state index < -0.39 is 11.5 Å². The minimum Gasteiger partial charge on any atom is -0.366 e. The molecule has 1 aromatic heterocycles. The highest BCUT2D eigenvalue weighted by Gasteiger charge is 2.49. The molecule has 1 saturated carbocycles. The SMILES string of the molecule is [CH2]n1cc(CN2C(=O)C(O)(C#CC3CC3)c3cc(C)ccc32)nn1. The zero-order valence-corrected chi connectivity index (χ0v) is 13.4. The lowest BCUT2D eigenvalue weighted by molar-refractivity contribution is -0.130. The highest BCUT2D eigenvalue weighted by molar-refractivity contribution is 6.09. The van der Waals surface area contributed by atoms with Crippen LogP contribution in [0.4, 0.5) is 5.69 Å². The molecule has 0 saturated heterocycles. The molecule has 2 heterocycles. The van der Waals surface area contributed by atoms with Gasteiger partial charge in [0.15, 0.2) is 0 Å². The summed E-state index contributed by atoms with van der Waals surface area (Å²) in [5.41, 5.74) is 0.993. The molecule has 1 radical (unpaired) electrons. The molecule has 2 aromatic rings. The normalized spacial score (nSPS) is 22.3. The fourth-order valence-corrected chi connectivity index (χ4v) is 2.88. The number of hydrogen-bond acceptors (Lipinski definition) is 4. The Balaban J connectivity index is 1.77. The molecule has 1 aromatic carbocycles. The molecular weight excluding hydrogens is 304 g/mol. The Morgan fingerprint density at radius 3 is 2.92 bits per heavy atom. The lowest BCUT2D eigenvalue weighted by Crippen LogP contribution is -2.39. The number of aryl methyl sites for hydroxylation is 1. The first-order valence-electron chi connectivity index (χ1n) is 7.87. The zero-order valence-electron chi connectivity index (χ0n) is 13.4. The van der Waals surface area contributed by atoms with Gasteiger partial charge in [0.1, 0.15) is 5.69 Å². The summed E-state index contributed by atoms with van der Waals surface area (Å²) >= 11 is 0. The molecule has 1 amide bonds. The summed E-state index contributed by atoms with van der Waals surface area (Å²) < 4.78 is 1.34. The van der Waals surface area contributed by atoms with Crippen molar-refractivity contribution in [1.82, 2.24) is 15.0 Å². The predicted molar refractivity (Wildman–Crippen MR) is 87.5 cm³/mol. The highest BCUT2D eigenvalue weighted by Crippen LogP contribution is 2.41. The average Bonchev–Trinajstić information content (AvgIpc) is 3.27. The summed E-state index contributed by atoms with van der Waals surface area (Å²) in [6.07, 6.45) is 3.72. The van der Waals surface area contributed by atoms with Crippen LogP contribution in [-0.4, -0.2) is 26.0 Å². The van der Waals surface area contributed by atoms with E-state index in [9.17, 15) is 9.90 Å². The summed E-state index contributed by atoms with van der Waals surface area (Å²) in [5, 5.41) is 18.8. The van der Waals surface area contributed by atoms with Crippen LogP contribution in [0.1, 0.15) is 29.7 Å². The minimum atomic E-state index is -1.79. The molecule has 4 rings (SSSR count). The van der Waals surface area contributed by atoms with Gasteiger partial charge >= 0.3 is 0 Å². The van der Waals surface area contributed by atoms with Crippen LogP contribution in [0.2, 0.25) is 0 Å². The van der Waals surface area contributed by atoms with E-state index >= 15 is 0 Å². The van der Waals surface area contributed by atoms with E-state index in [0.29, 0.717) is 22.9 Å². The maximum absolute atomic E-state index is 12.9. The number of amides is 1. The summed E-state index contributed by atoms with van der Waals surface area (Å²) in [6, 6.07) is 5.58. The number of nitrogens with zero attached hydrogens (tertiary/aromatic N) is 4. The van der Waals surface area contributed by atoms with Gasteiger partial charge in [-0.1, -0.05) is 28.7 Å². The summed E-state index contributed by atoms with van der Waals surface area (Å²) in [6.45, 7) is 2.15. The second kappa shape index (κ2) is 5.18. The molecule has 1 N–H and O–H groups in total. The maximum Gasteiger partial charge on any atom is 0.277 e. The Morgan fingerprint density at radius 1 is 1.46 bits per heavy atom. The fourth-order valence-electron chi connectivity index (χ4n) is 2.88. The van der Waals surface area contributed by atoms with Crippen molar-refractivity contribution in [3.05, 3.63) is 48.3 Å². The number of aromatic nitrogens is 3. The van der Waals surface area contributed by atoms with Gasteiger partial charge in [-0.3, -0.25) is 9.48 Å². The van der Waals surface area contributed by atoms with Crippen LogP contribution in [0.3, 0.4) is 0 Å². The van der Waals surface area contributed by atoms with Crippen molar-refractivity contribution in [1.29, 1.82) is 0 Å². The van der Waals surface area contributed by atoms with Crippen molar-refractivity contribution >= 4 is 11.6 Å². The van der Waals surface area contributed by atoms with Crippen LogP contribution in [0.5, 0.6) is 0 Å². The third kappa shape index (κ3) is 2.38. The molecule has 1 unspecified atom stereocenters. The highest BCUT2D eigenvalue weighted by atomic mass is 16.3. The average molecular weight is 321 g/mol. The van der Waals surface area contributed by atoms with Gasteiger partial charge < -0.3 is 10.0 Å². The standard InChI is InChI=1S/C18H17N4O2/c1-12-3-6-16-15(9-12)18(24,8-7-13-4-5-13)17(23)22(16)11-14-10-21(2)20-19-14/h3,6,9-10,13,24H,2,4-5,11H2,1H3. The first kappa shape index (κ1) is 14.9. The number of anilines is 1. The Hall–Kier alpha value is -2.65. The van der Waals surface area contributed by atoms with Crippen molar-refractivity contribution in [3.63, 3.8) is 0 Å². The van der Waals surface area contributed by atoms with E-state index in [1.807, 2.05) is 25.1 Å². The van der Waals surface area contributed by atoms with Crippen molar-refractivity contribution in [2.75, 3.05) is 4.90 Å². The number of aliphatic hydroxyl groups is 1. The number of rotatable bonds is 2. The van der Waals surface area contributed by atoms with E-state index in [-0.39, 0.29) is 6.54 Å².